The Morgan fingerprint density at radius 3 is 2.87 bits per heavy atom. The van der Waals surface area contributed by atoms with Crippen LogP contribution in [0.4, 0.5) is 5.00 Å². The Morgan fingerprint density at radius 1 is 1.33 bits per heavy atom. The molecule has 0 fully saturated rings. The van der Waals surface area contributed by atoms with Crippen molar-refractivity contribution in [2.24, 2.45) is 11.7 Å². The van der Waals surface area contributed by atoms with Crippen molar-refractivity contribution in [2.45, 2.75) is 33.1 Å². The fourth-order valence-electron chi connectivity index (χ4n) is 3.86. The van der Waals surface area contributed by atoms with Gasteiger partial charge >= 0.3 is 5.63 Å². The number of fused-ring (bicyclic) bond motifs is 2. The molecule has 0 aliphatic heterocycles. The van der Waals surface area contributed by atoms with E-state index in [-0.39, 0.29) is 11.1 Å². The molecule has 4 rings (SSSR count). The fraction of sp³-hybridized carbons (Fsp3) is 0.318. The van der Waals surface area contributed by atoms with Gasteiger partial charge in [-0.1, -0.05) is 6.92 Å². The number of carbonyl (C=O) groups excluding carboxylic acids is 2. The Balaban J connectivity index is 1.74. The second kappa shape index (κ2) is 7.95. The molecular weight excluding hydrogens is 404 g/mol. The number of rotatable bonds is 5. The summed E-state index contributed by atoms with van der Waals surface area (Å²) in [7, 11) is 0. The van der Waals surface area contributed by atoms with Crippen LogP contribution in [0, 0.1) is 5.92 Å². The first-order valence-electron chi connectivity index (χ1n) is 9.83. The van der Waals surface area contributed by atoms with Gasteiger partial charge in [0.2, 0.25) is 0 Å². The molecule has 2 aromatic heterocycles. The number of benzene rings is 1. The molecule has 7 nitrogen and oxygen atoms in total. The van der Waals surface area contributed by atoms with Crippen LogP contribution in [-0.4, -0.2) is 18.4 Å². The second-order valence-electron chi connectivity index (χ2n) is 7.44. The van der Waals surface area contributed by atoms with Gasteiger partial charge in [0.1, 0.15) is 16.3 Å². The van der Waals surface area contributed by atoms with Crippen LogP contribution in [0.1, 0.15) is 51.4 Å². The first-order chi connectivity index (χ1) is 14.4. The number of anilines is 1. The third-order valence-electron chi connectivity index (χ3n) is 5.26. The highest BCUT2D eigenvalue weighted by Crippen LogP contribution is 2.39. The molecule has 30 heavy (non-hydrogen) atoms. The van der Waals surface area contributed by atoms with Crippen molar-refractivity contribution in [2.75, 3.05) is 11.9 Å². The van der Waals surface area contributed by atoms with Crippen molar-refractivity contribution in [3.05, 3.63) is 56.3 Å². The summed E-state index contributed by atoms with van der Waals surface area (Å²) in [5.74, 6) is 0.00628. The summed E-state index contributed by atoms with van der Waals surface area (Å²) < 4.78 is 10.7. The number of carbonyl (C=O) groups is 2. The van der Waals surface area contributed by atoms with Crippen molar-refractivity contribution in [3.8, 4) is 5.75 Å². The van der Waals surface area contributed by atoms with Crippen LogP contribution in [0.2, 0.25) is 0 Å². The zero-order chi connectivity index (χ0) is 21.4. The lowest BCUT2D eigenvalue weighted by atomic mass is 9.88. The van der Waals surface area contributed by atoms with Crippen molar-refractivity contribution in [1.82, 2.24) is 0 Å². The van der Waals surface area contributed by atoms with Gasteiger partial charge < -0.3 is 20.2 Å². The second-order valence-corrected chi connectivity index (χ2v) is 8.55. The quantitative estimate of drug-likeness (QED) is 0.604. The maximum absolute atomic E-state index is 13.1. The number of primary amides is 1. The lowest BCUT2D eigenvalue weighted by molar-refractivity contribution is 0.1000. The number of ether oxygens (including phenoxy) is 1. The molecule has 1 atom stereocenters. The maximum Gasteiger partial charge on any atom is 0.337 e. The minimum absolute atomic E-state index is 0.166. The molecule has 1 aliphatic rings. The van der Waals surface area contributed by atoms with Gasteiger partial charge in [-0.2, -0.15) is 0 Å². The van der Waals surface area contributed by atoms with Crippen LogP contribution in [-0.2, 0) is 12.8 Å². The highest BCUT2D eigenvalue weighted by molar-refractivity contribution is 7.17. The van der Waals surface area contributed by atoms with E-state index in [4.69, 9.17) is 14.9 Å². The van der Waals surface area contributed by atoms with Crippen LogP contribution in [0.3, 0.4) is 0 Å². The molecule has 1 aromatic carbocycles. The summed E-state index contributed by atoms with van der Waals surface area (Å²) in [6.07, 6.45) is 2.59. The predicted octanol–water partition coefficient (Wildman–Crippen LogP) is 3.73. The number of hydrogen-bond donors (Lipinski definition) is 2. The van der Waals surface area contributed by atoms with Crippen molar-refractivity contribution >= 4 is 39.1 Å². The Labute approximate surface area is 176 Å². The van der Waals surface area contributed by atoms with Crippen LogP contribution in [0.15, 0.2) is 33.5 Å². The van der Waals surface area contributed by atoms with Gasteiger partial charge in [0.05, 0.1) is 17.7 Å². The third kappa shape index (κ3) is 3.70. The summed E-state index contributed by atoms with van der Waals surface area (Å²) >= 11 is 1.38. The molecule has 0 radical (unpaired) electrons. The average Bonchev–Trinajstić information content (AvgIpc) is 3.04. The number of nitrogens with one attached hydrogen (secondary N) is 1. The van der Waals surface area contributed by atoms with Gasteiger partial charge in [0.25, 0.3) is 11.8 Å². The Bertz CT molecular complexity index is 1210. The lowest BCUT2D eigenvalue weighted by Crippen LogP contribution is -2.20. The van der Waals surface area contributed by atoms with Crippen molar-refractivity contribution < 1.29 is 18.7 Å². The van der Waals surface area contributed by atoms with E-state index in [9.17, 15) is 14.4 Å². The Hall–Kier alpha value is -3.13. The summed E-state index contributed by atoms with van der Waals surface area (Å²) in [6.45, 7) is 4.48. The monoisotopic (exact) mass is 426 g/mol. The molecule has 0 bridgehead atoms. The van der Waals surface area contributed by atoms with Gasteiger partial charge in [-0.15, -0.1) is 11.3 Å². The minimum Gasteiger partial charge on any atom is -0.494 e. The van der Waals surface area contributed by atoms with E-state index in [1.807, 2.05) is 6.92 Å². The van der Waals surface area contributed by atoms with Crippen LogP contribution >= 0.6 is 11.3 Å². The molecule has 2 heterocycles. The number of hydrogen-bond acceptors (Lipinski definition) is 6. The highest BCUT2D eigenvalue weighted by Gasteiger charge is 2.28. The van der Waals surface area contributed by atoms with Gasteiger partial charge in [0.15, 0.2) is 0 Å². The van der Waals surface area contributed by atoms with E-state index < -0.39 is 17.4 Å². The third-order valence-corrected chi connectivity index (χ3v) is 6.43. The SMILES string of the molecule is CCOc1ccc2c(C(=O)Nc3sc4c(c3C(N)=O)CCC(C)C4)cc(=O)oc2c1. The topological polar surface area (TPSA) is 112 Å². The van der Waals surface area contributed by atoms with Crippen LogP contribution in [0.5, 0.6) is 5.75 Å². The summed E-state index contributed by atoms with van der Waals surface area (Å²) in [4.78, 5) is 38.3. The van der Waals surface area contributed by atoms with Crippen LogP contribution < -0.4 is 21.4 Å². The minimum atomic E-state index is -0.643. The standard InChI is InChI=1S/C22H22N2O5S/c1-3-28-12-5-7-13-15(10-18(25)29-16(13)9-12)21(27)24-22-19(20(23)26)14-6-4-11(2)8-17(14)30-22/h5,7,9-11H,3-4,6,8H2,1-2H3,(H2,23,26)(H,24,27). The van der Waals surface area contributed by atoms with Crippen molar-refractivity contribution in [3.63, 3.8) is 0 Å². The van der Waals surface area contributed by atoms with E-state index in [1.54, 1.807) is 18.2 Å². The molecule has 3 N–H and O–H groups in total. The van der Waals surface area contributed by atoms with E-state index >= 15 is 0 Å². The highest BCUT2D eigenvalue weighted by atomic mass is 32.1. The number of nitrogens with two attached hydrogens (primary N) is 1. The summed E-state index contributed by atoms with van der Waals surface area (Å²) in [5, 5.41) is 3.71. The molecule has 1 unspecified atom stereocenters. The average molecular weight is 426 g/mol. The lowest BCUT2D eigenvalue weighted by Gasteiger charge is -2.18. The zero-order valence-electron chi connectivity index (χ0n) is 16.7. The predicted molar refractivity (Wildman–Crippen MR) is 116 cm³/mol. The maximum atomic E-state index is 13.1. The Morgan fingerprint density at radius 2 is 2.13 bits per heavy atom. The van der Waals surface area contributed by atoms with E-state index in [0.29, 0.717) is 34.2 Å². The number of amides is 2. The van der Waals surface area contributed by atoms with Gasteiger partial charge in [-0.05, 0) is 49.8 Å². The zero-order valence-corrected chi connectivity index (χ0v) is 17.6. The fourth-order valence-corrected chi connectivity index (χ4v) is 5.27. The molecule has 0 saturated heterocycles. The van der Waals surface area contributed by atoms with E-state index in [1.165, 1.54) is 11.3 Å². The summed E-state index contributed by atoms with van der Waals surface area (Å²) in [6, 6.07) is 6.12. The molecule has 0 spiro atoms. The molecular formula is C22H22N2O5S. The first kappa shape index (κ1) is 20.2. The smallest absolute Gasteiger partial charge is 0.337 e. The first-order valence-corrected chi connectivity index (χ1v) is 10.7. The van der Waals surface area contributed by atoms with Gasteiger partial charge in [-0.3, -0.25) is 9.59 Å². The molecule has 2 amide bonds. The molecule has 156 valence electrons. The van der Waals surface area contributed by atoms with Crippen LogP contribution in [0.25, 0.3) is 11.0 Å². The number of thiophene rings is 1. The normalized spacial score (nSPS) is 15.6. The largest absolute Gasteiger partial charge is 0.494 e. The van der Waals surface area contributed by atoms with E-state index in [0.717, 1.165) is 35.8 Å². The molecule has 1 aliphatic carbocycles. The van der Waals surface area contributed by atoms with Gasteiger partial charge in [-0.25, -0.2) is 4.79 Å². The van der Waals surface area contributed by atoms with E-state index in [2.05, 4.69) is 12.2 Å². The van der Waals surface area contributed by atoms with Crippen molar-refractivity contribution in [1.29, 1.82) is 0 Å². The summed E-state index contributed by atoms with van der Waals surface area (Å²) in [5.41, 5.74) is 6.72. The molecule has 8 heteroatoms. The van der Waals surface area contributed by atoms with Gasteiger partial charge in [0, 0.05) is 22.4 Å². The molecule has 3 aromatic rings. The Kier molecular flexibility index (Phi) is 5.34. The molecule has 0 saturated carbocycles.